The van der Waals surface area contributed by atoms with Crippen LogP contribution in [0.25, 0.3) is 10.9 Å². The molecule has 0 spiro atoms. The third kappa shape index (κ3) is 3.07. The molecule has 0 saturated carbocycles. The van der Waals surface area contributed by atoms with E-state index < -0.39 is 16.6 Å². The Morgan fingerprint density at radius 3 is 2.91 bits per heavy atom. The summed E-state index contributed by atoms with van der Waals surface area (Å²) in [6.45, 7) is 0.728. The Bertz CT molecular complexity index is 881. The largest absolute Gasteiger partial charge is 0.383 e. The Kier molecular flexibility index (Phi) is 3.83. The molecule has 0 radical (unpaired) electrons. The maximum atomic E-state index is 13.7. The number of hydrogen-bond acceptors (Lipinski definition) is 5. The second kappa shape index (κ2) is 5.95. The van der Waals surface area contributed by atoms with E-state index in [1.54, 1.807) is 6.07 Å². The van der Waals surface area contributed by atoms with Gasteiger partial charge in [-0.05, 0) is 12.1 Å². The van der Waals surface area contributed by atoms with Gasteiger partial charge in [0.25, 0.3) is 0 Å². The molecule has 0 aliphatic carbocycles. The van der Waals surface area contributed by atoms with Crippen molar-refractivity contribution in [1.29, 1.82) is 0 Å². The van der Waals surface area contributed by atoms with Gasteiger partial charge in [0.05, 0.1) is 11.5 Å². The van der Waals surface area contributed by atoms with Gasteiger partial charge in [-0.3, -0.25) is 19.8 Å². The molecule has 0 unspecified atom stereocenters. The number of hydrogen-bond donors (Lipinski definition) is 1. The van der Waals surface area contributed by atoms with Gasteiger partial charge in [-0.15, -0.1) is 0 Å². The van der Waals surface area contributed by atoms with Crippen molar-refractivity contribution in [2.75, 3.05) is 11.9 Å². The zero-order valence-corrected chi connectivity index (χ0v) is 11.7. The lowest BCUT2D eigenvalue weighted by atomic mass is 10.1. The highest BCUT2D eigenvalue weighted by Gasteiger charge is 2.10. The van der Waals surface area contributed by atoms with Gasteiger partial charge in [0, 0.05) is 29.9 Å². The van der Waals surface area contributed by atoms with E-state index in [2.05, 4.69) is 15.4 Å². The molecule has 3 aromatic rings. The number of fused-ring (bicyclic) bond motifs is 1. The number of aromatic nitrogens is 3. The van der Waals surface area contributed by atoms with Crippen molar-refractivity contribution in [3.8, 4) is 0 Å². The van der Waals surface area contributed by atoms with Gasteiger partial charge in [0.2, 0.25) is 0 Å². The van der Waals surface area contributed by atoms with Crippen molar-refractivity contribution in [2.24, 2.45) is 0 Å². The summed E-state index contributed by atoms with van der Waals surface area (Å²) < 4.78 is 28.5. The highest BCUT2D eigenvalue weighted by molar-refractivity contribution is 5.91. The molecule has 9 heteroatoms. The monoisotopic (exact) mass is 319 g/mol. The fraction of sp³-hybridized carbons (Fsp3) is 0.143. The maximum Gasteiger partial charge on any atom is 0.306 e. The number of halogens is 2. The molecule has 0 bridgehead atoms. The van der Waals surface area contributed by atoms with E-state index in [1.165, 1.54) is 23.1 Å². The smallest absolute Gasteiger partial charge is 0.306 e. The average molecular weight is 319 g/mol. The normalized spacial score (nSPS) is 10.9. The number of anilines is 1. The Morgan fingerprint density at radius 2 is 2.17 bits per heavy atom. The summed E-state index contributed by atoms with van der Waals surface area (Å²) in [5.74, 6) is -1.42. The summed E-state index contributed by atoms with van der Waals surface area (Å²) in [7, 11) is 0. The number of pyridine rings is 1. The summed E-state index contributed by atoms with van der Waals surface area (Å²) >= 11 is 0. The molecule has 0 atom stereocenters. The molecule has 0 aliphatic rings. The molecule has 118 valence electrons. The highest BCUT2D eigenvalue weighted by Crippen LogP contribution is 2.24. The number of nitrogens with one attached hydrogen (secondary N) is 1. The lowest BCUT2D eigenvalue weighted by molar-refractivity contribution is -0.385. The Hall–Kier alpha value is -3.10. The van der Waals surface area contributed by atoms with Crippen molar-refractivity contribution in [1.82, 2.24) is 14.8 Å². The first-order valence-electron chi connectivity index (χ1n) is 6.69. The molecular formula is C14H11F2N5O2. The van der Waals surface area contributed by atoms with Gasteiger partial charge in [-0.1, -0.05) is 0 Å². The Labute approximate surface area is 128 Å². The van der Waals surface area contributed by atoms with Gasteiger partial charge in [0.15, 0.2) is 5.82 Å². The molecule has 3 rings (SSSR count). The quantitative estimate of drug-likeness (QED) is 0.577. The summed E-state index contributed by atoms with van der Waals surface area (Å²) in [5.41, 5.74) is 0.504. The Balaban J connectivity index is 1.75. The predicted octanol–water partition coefficient (Wildman–Crippen LogP) is 2.73. The number of nitrogens with zero attached hydrogens (tertiary/aromatic N) is 4. The van der Waals surface area contributed by atoms with E-state index in [0.29, 0.717) is 24.2 Å². The highest BCUT2D eigenvalue weighted by atomic mass is 19.1. The van der Waals surface area contributed by atoms with Crippen LogP contribution in [0.2, 0.25) is 0 Å². The van der Waals surface area contributed by atoms with Crippen LogP contribution in [0.15, 0.2) is 36.8 Å². The molecule has 1 aromatic carbocycles. The molecule has 0 aliphatic heterocycles. The zero-order valence-electron chi connectivity index (χ0n) is 11.7. The minimum Gasteiger partial charge on any atom is -0.383 e. The molecule has 0 amide bonds. The minimum atomic E-state index is -0.730. The van der Waals surface area contributed by atoms with Gasteiger partial charge in [-0.2, -0.15) is 5.10 Å². The number of nitro groups is 1. The van der Waals surface area contributed by atoms with Crippen LogP contribution in [0.1, 0.15) is 0 Å². The van der Waals surface area contributed by atoms with Gasteiger partial charge >= 0.3 is 5.69 Å². The first-order chi connectivity index (χ1) is 11.0. The Morgan fingerprint density at radius 1 is 1.35 bits per heavy atom. The predicted molar refractivity (Wildman–Crippen MR) is 79.0 cm³/mol. The van der Waals surface area contributed by atoms with Crippen LogP contribution in [0, 0.1) is 21.7 Å². The first kappa shape index (κ1) is 14.8. The number of benzene rings is 1. The van der Waals surface area contributed by atoms with E-state index in [9.17, 15) is 18.9 Å². The van der Waals surface area contributed by atoms with E-state index in [1.807, 2.05) is 0 Å². The van der Waals surface area contributed by atoms with E-state index in [-0.39, 0.29) is 11.2 Å². The van der Waals surface area contributed by atoms with Crippen LogP contribution in [0.4, 0.5) is 20.2 Å². The first-order valence-corrected chi connectivity index (χ1v) is 6.69. The maximum absolute atomic E-state index is 13.7. The SMILES string of the molecule is O=[N+]([O-])c1cnn(CCNc2ccnc3c(F)cc(F)cc23)c1. The third-order valence-corrected chi connectivity index (χ3v) is 3.25. The minimum absolute atomic E-state index is 0.0751. The van der Waals surface area contributed by atoms with Crippen molar-refractivity contribution < 1.29 is 13.7 Å². The lowest BCUT2D eigenvalue weighted by Gasteiger charge is -2.10. The van der Waals surface area contributed by atoms with Gasteiger partial charge in [-0.25, -0.2) is 8.78 Å². The summed E-state index contributed by atoms with van der Waals surface area (Å²) in [4.78, 5) is 13.9. The molecule has 2 heterocycles. The van der Waals surface area contributed by atoms with Crippen LogP contribution in [0.3, 0.4) is 0 Å². The van der Waals surface area contributed by atoms with E-state index >= 15 is 0 Å². The number of rotatable bonds is 5. The fourth-order valence-electron chi connectivity index (χ4n) is 2.21. The average Bonchev–Trinajstić information content (AvgIpc) is 2.97. The van der Waals surface area contributed by atoms with Crippen LogP contribution in [0.5, 0.6) is 0 Å². The van der Waals surface area contributed by atoms with Crippen molar-refractivity contribution in [3.05, 3.63) is 58.5 Å². The molecular weight excluding hydrogens is 308 g/mol. The van der Waals surface area contributed by atoms with Crippen molar-refractivity contribution >= 4 is 22.3 Å². The standard InChI is InChI=1S/C14H11F2N5O2/c15-9-5-11-13(1-2-18-14(11)12(16)6-9)17-3-4-20-8-10(7-19-20)21(22)23/h1-2,5-8H,3-4H2,(H,17,18). The zero-order chi connectivity index (χ0) is 16.4. The van der Waals surface area contributed by atoms with Crippen LogP contribution >= 0.6 is 0 Å². The lowest BCUT2D eigenvalue weighted by Crippen LogP contribution is -2.11. The molecule has 1 N–H and O–H groups in total. The fourth-order valence-corrected chi connectivity index (χ4v) is 2.21. The van der Waals surface area contributed by atoms with E-state index in [4.69, 9.17) is 0 Å². The van der Waals surface area contributed by atoms with Gasteiger partial charge < -0.3 is 5.32 Å². The molecule has 7 nitrogen and oxygen atoms in total. The summed E-state index contributed by atoms with van der Waals surface area (Å²) in [6, 6.07) is 3.58. The third-order valence-electron chi connectivity index (χ3n) is 3.25. The molecule has 0 saturated heterocycles. The van der Waals surface area contributed by atoms with Crippen LogP contribution in [-0.2, 0) is 6.54 Å². The molecule has 23 heavy (non-hydrogen) atoms. The second-order valence-corrected chi connectivity index (χ2v) is 4.79. The molecule has 2 aromatic heterocycles. The van der Waals surface area contributed by atoms with Crippen LogP contribution in [-0.4, -0.2) is 26.2 Å². The van der Waals surface area contributed by atoms with Gasteiger partial charge in [0.1, 0.15) is 23.7 Å². The summed E-state index contributed by atoms with van der Waals surface area (Å²) in [5, 5.41) is 17.8. The van der Waals surface area contributed by atoms with Crippen molar-refractivity contribution in [3.63, 3.8) is 0 Å². The second-order valence-electron chi connectivity index (χ2n) is 4.79. The van der Waals surface area contributed by atoms with Crippen LogP contribution < -0.4 is 5.32 Å². The topological polar surface area (TPSA) is 85.9 Å². The van der Waals surface area contributed by atoms with Crippen molar-refractivity contribution in [2.45, 2.75) is 6.54 Å². The molecule has 0 fully saturated rings. The van der Waals surface area contributed by atoms with E-state index in [0.717, 1.165) is 12.3 Å². The summed E-state index contributed by atoms with van der Waals surface area (Å²) in [6.07, 6.45) is 3.89.